The highest BCUT2D eigenvalue weighted by molar-refractivity contribution is 5.92. The lowest BCUT2D eigenvalue weighted by Gasteiger charge is -2.32. The van der Waals surface area contributed by atoms with Gasteiger partial charge >= 0.3 is 5.97 Å². The van der Waals surface area contributed by atoms with Crippen LogP contribution in [0.4, 0.5) is 0 Å². The molecule has 2 aromatic rings. The maximum atomic E-state index is 12.3. The average molecular weight is 344 g/mol. The minimum Gasteiger partial charge on any atom is -0.481 e. The largest absolute Gasteiger partial charge is 0.481 e. The number of aryl methyl sites for hydroxylation is 1. The van der Waals surface area contributed by atoms with Gasteiger partial charge < -0.3 is 15.2 Å². The van der Waals surface area contributed by atoms with Crippen molar-refractivity contribution in [2.45, 2.75) is 19.8 Å². The maximum Gasteiger partial charge on any atom is 0.311 e. The molecule has 25 heavy (non-hydrogen) atoms. The van der Waals surface area contributed by atoms with Crippen LogP contribution in [0.3, 0.4) is 0 Å². The van der Waals surface area contributed by atoms with Gasteiger partial charge in [-0.2, -0.15) is 0 Å². The van der Waals surface area contributed by atoms with Gasteiger partial charge in [0.25, 0.3) is 5.91 Å². The van der Waals surface area contributed by atoms with Gasteiger partial charge in [0.15, 0.2) is 5.69 Å². The summed E-state index contributed by atoms with van der Waals surface area (Å²) in [7, 11) is 0. The number of aromatic nitrogens is 3. The maximum absolute atomic E-state index is 12.3. The van der Waals surface area contributed by atoms with Crippen LogP contribution >= 0.6 is 0 Å². The number of carbonyl (C=O) groups is 2. The van der Waals surface area contributed by atoms with Gasteiger partial charge in [0.2, 0.25) is 0 Å². The van der Waals surface area contributed by atoms with E-state index >= 15 is 0 Å². The van der Waals surface area contributed by atoms with Crippen molar-refractivity contribution in [3.8, 4) is 5.69 Å². The van der Waals surface area contributed by atoms with Gasteiger partial charge in [-0.1, -0.05) is 17.3 Å². The van der Waals surface area contributed by atoms with Crippen LogP contribution in [-0.2, 0) is 9.53 Å². The number of amides is 1. The summed E-state index contributed by atoms with van der Waals surface area (Å²) in [6.07, 6.45) is 2.28. The van der Waals surface area contributed by atoms with Crippen LogP contribution in [0.1, 0.15) is 28.9 Å². The third kappa shape index (κ3) is 3.69. The molecule has 3 rings (SSSR count). The third-order valence-electron chi connectivity index (χ3n) is 4.48. The summed E-state index contributed by atoms with van der Waals surface area (Å²) >= 11 is 0. The highest BCUT2D eigenvalue weighted by Gasteiger charge is 2.40. The fourth-order valence-electron chi connectivity index (χ4n) is 2.83. The van der Waals surface area contributed by atoms with E-state index in [1.165, 1.54) is 10.9 Å². The van der Waals surface area contributed by atoms with E-state index in [2.05, 4.69) is 15.6 Å². The van der Waals surface area contributed by atoms with Crippen molar-refractivity contribution in [3.63, 3.8) is 0 Å². The smallest absolute Gasteiger partial charge is 0.311 e. The Morgan fingerprint density at radius 3 is 2.80 bits per heavy atom. The van der Waals surface area contributed by atoms with E-state index < -0.39 is 17.3 Å². The molecule has 1 aromatic heterocycles. The molecule has 0 bridgehead atoms. The molecule has 8 heteroatoms. The molecule has 2 N–H and O–H groups in total. The SMILES string of the molecule is Cc1cccc(-n2cc(C(=O)NCC3(C(=O)O)CCOCC3)nn2)c1. The molecular weight excluding hydrogens is 324 g/mol. The second kappa shape index (κ2) is 7.02. The first-order chi connectivity index (χ1) is 12.0. The number of carboxylic acids is 1. The molecule has 0 atom stereocenters. The second-order valence-electron chi connectivity index (χ2n) is 6.27. The zero-order chi connectivity index (χ0) is 17.9. The molecule has 1 aromatic carbocycles. The quantitative estimate of drug-likeness (QED) is 0.844. The standard InChI is InChI=1S/C17H20N4O4/c1-12-3-2-4-13(9-12)21-10-14(19-20-21)15(22)18-11-17(16(23)24)5-7-25-8-6-17/h2-4,9-10H,5-8,11H2,1H3,(H,18,22)(H,23,24). The van der Waals surface area contributed by atoms with E-state index in [1.807, 2.05) is 31.2 Å². The average Bonchev–Trinajstić information content (AvgIpc) is 3.10. The van der Waals surface area contributed by atoms with Gasteiger partial charge in [-0.05, 0) is 37.5 Å². The Labute approximate surface area is 144 Å². The van der Waals surface area contributed by atoms with E-state index in [4.69, 9.17) is 4.74 Å². The lowest BCUT2D eigenvalue weighted by Crippen LogP contribution is -2.46. The van der Waals surface area contributed by atoms with Crippen LogP contribution in [0.2, 0.25) is 0 Å². The zero-order valence-corrected chi connectivity index (χ0v) is 13.9. The molecule has 1 aliphatic heterocycles. The molecule has 0 saturated carbocycles. The molecule has 0 spiro atoms. The number of rotatable bonds is 5. The molecule has 0 radical (unpaired) electrons. The number of hydrogen-bond acceptors (Lipinski definition) is 5. The fraction of sp³-hybridized carbons (Fsp3) is 0.412. The Bertz CT molecular complexity index is 780. The molecule has 1 saturated heterocycles. The van der Waals surface area contributed by atoms with Crippen molar-refractivity contribution in [2.24, 2.45) is 5.41 Å². The molecular formula is C17H20N4O4. The Balaban J connectivity index is 1.68. The summed E-state index contributed by atoms with van der Waals surface area (Å²) in [6.45, 7) is 2.77. The van der Waals surface area contributed by atoms with E-state index in [9.17, 15) is 14.7 Å². The van der Waals surface area contributed by atoms with Gasteiger partial charge in [-0.15, -0.1) is 5.10 Å². The van der Waals surface area contributed by atoms with Crippen LogP contribution < -0.4 is 5.32 Å². The van der Waals surface area contributed by atoms with Crippen molar-refractivity contribution >= 4 is 11.9 Å². The molecule has 8 nitrogen and oxygen atoms in total. The Hall–Kier alpha value is -2.74. The van der Waals surface area contributed by atoms with Gasteiger partial charge in [0.1, 0.15) is 0 Å². The monoisotopic (exact) mass is 344 g/mol. The summed E-state index contributed by atoms with van der Waals surface area (Å²) in [4.78, 5) is 23.9. The van der Waals surface area contributed by atoms with Gasteiger partial charge in [0, 0.05) is 19.8 Å². The number of ether oxygens (including phenoxy) is 1. The molecule has 0 aliphatic carbocycles. The van der Waals surface area contributed by atoms with Crippen molar-refractivity contribution in [3.05, 3.63) is 41.7 Å². The molecule has 1 amide bonds. The Morgan fingerprint density at radius 2 is 2.12 bits per heavy atom. The summed E-state index contributed by atoms with van der Waals surface area (Å²) in [5, 5.41) is 20.0. The third-order valence-corrected chi connectivity index (χ3v) is 4.48. The van der Waals surface area contributed by atoms with Crippen molar-refractivity contribution in [1.82, 2.24) is 20.3 Å². The summed E-state index contributed by atoms with van der Waals surface area (Å²) in [5.74, 6) is -1.36. The molecule has 1 aliphatic rings. The predicted molar refractivity (Wildman–Crippen MR) is 88.6 cm³/mol. The minimum atomic E-state index is -0.986. The fourth-order valence-corrected chi connectivity index (χ4v) is 2.83. The Kier molecular flexibility index (Phi) is 4.80. The van der Waals surface area contributed by atoms with Crippen molar-refractivity contribution in [1.29, 1.82) is 0 Å². The molecule has 132 valence electrons. The number of aliphatic carboxylic acids is 1. The van der Waals surface area contributed by atoms with Crippen molar-refractivity contribution in [2.75, 3.05) is 19.8 Å². The number of benzene rings is 1. The second-order valence-corrected chi connectivity index (χ2v) is 6.27. The van der Waals surface area contributed by atoms with Crippen molar-refractivity contribution < 1.29 is 19.4 Å². The van der Waals surface area contributed by atoms with E-state index in [0.717, 1.165) is 11.3 Å². The summed E-state index contributed by atoms with van der Waals surface area (Å²) < 4.78 is 6.74. The van der Waals surface area contributed by atoms with Gasteiger partial charge in [0.05, 0.1) is 17.3 Å². The summed E-state index contributed by atoms with van der Waals surface area (Å²) in [5.41, 5.74) is 1.04. The number of hydrogen-bond donors (Lipinski definition) is 2. The lowest BCUT2D eigenvalue weighted by atomic mass is 9.80. The predicted octanol–water partition coefficient (Wildman–Crippen LogP) is 1.19. The Morgan fingerprint density at radius 1 is 1.36 bits per heavy atom. The molecule has 1 fully saturated rings. The highest BCUT2D eigenvalue weighted by atomic mass is 16.5. The first-order valence-corrected chi connectivity index (χ1v) is 8.09. The van der Waals surface area contributed by atoms with Crippen LogP contribution in [-0.4, -0.2) is 51.7 Å². The van der Waals surface area contributed by atoms with E-state index in [1.54, 1.807) is 0 Å². The first kappa shape index (κ1) is 17.1. The number of carboxylic acid groups (broad SMARTS) is 1. The number of nitrogens with one attached hydrogen (secondary N) is 1. The number of nitrogens with zero attached hydrogens (tertiary/aromatic N) is 3. The van der Waals surface area contributed by atoms with Gasteiger partial charge in [-0.3, -0.25) is 9.59 Å². The number of carbonyl (C=O) groups excluding carboxylic acids is 1. The first-order valence-electron chi connectivity index (χ1n) is 8.09. The van der Waals surface area contributed by atoms with Crippen LogP contribution in [0, 0.1) is 12.3 Å². The normalized spacial score (nSPS) is 16.4. The molecule has 0 unspecified atom stereocenters. The zero-order valence-electron chi connectivity index (χ0n) is 13.9. The van der Waals surface area contributed by atoms with Crippen LogP contribution in [0.5, 0.6) is 0 Å². The lowest BCUT2D eigenvalue weighted by molar-refractivity contribution is -0.154. The van der Waals surface area contributed by atoms with Gasteiger partial charge in [-0.25, -0.2) is 4.68 Å². The van der Waals surface area contributed by atoms with E-state index in [0.29, 0.717) is 26.1 Å². The van der Waals surface area contributed by atoms with E-state index in [-0.39, 0.29) is 12.2 Å². The summed E-state index contributed by atoms with van der Waals surface area (Å²) in [6, 6.07) is 7.66. The van der Waals surface area contributed by atoms with Crippen LogP contribution in [0.15, 0.2) is 30.5 Å². The minimum absolute atomic E-state index is 0.0435. The topological polar surface area (TPSA) is 106 Å². The molecule has 2 heterocycles. The highest BCUT2D eigenvalue weighted by Crippen LogP contribution is 2.30. The van der Waals surface area contributed by atoms with Crippen LogP contribution in [0.25, 0.3) is 5.69 Å².